The van der Waals surface area contributed by atoms with Gasteiger partial charge in [-0.25, -0.2) is 0 Å². The van der Waals surface area contributed by atoms with Crippen LogP contribution in [-0.2, 0) is 60.8 Å². The lowest BCUT2D eigenvalue weighted by Gasteiger charge is -2.33. The number of fused-ring (bicyclic) bond motifs is 1. The van der Waals surface area contributed by atoms with E-state index in [9.17, 15) is 47.9 Å². The molecule has 4 aliphatic rings. The van der Waals surface area contributed by atoms with E-state index in [1.165, 1.54) is 16.7 Å². The minimum atomic E-state index is -1.59. The molecule has 7 rings (SSSR count). The number of aliphatic imine (C=N–C) groups is 2. The number of likely N-dealkylation sites (tertiary alicyclic amines) is 2. The standard InChI is InChI=1S/C53H68N14O10/c1-30(68)43-18-10-22-66(43)52(77)44-19-11-23-67(44)51(76)42-29-59-45(70)27-41(60-31(2)69)50(75)64-40(26-34-14-8-20-56-34)49(74)62-38(24-32-12-4-3-5-13-32)47(72)61-37(17-9-21-57-53(54)55)46(71)63-39(48(73)65-42)25-33-28-58-36-16-7-6-15-35(33)36/h3-7,12-16,20,28,37-44,58H,8-11,17-19,21-27,29H2,1-2H3,(H,59,70)(H,60,69)(H,61,72)(H,62,74)(H,63,71)(H,64,75)(H,65,73)(H4,54,55,57)/t37-,38+,39-,40-,41-,42-,43-,44-/m0/s1. The summed E-state index contributed by atoms with van der Waals surface area (Å²) < 4.78 is 0. The first-order valence-electron chi connectivity index (χ1n) is 26.0. The third-order valence-corrected chi connectivity index (χ3v) is 14.0. The van der Waals surface area contributed by atoms with E-state index in [4.69, 9.17) is 11.5 Å². The molecule has 9 amide bonds. The second kappa shape index (κ2) is 26.4. The van der Waals surface area contributed by atoms with E-state index in [-0.39, 0.29) is 63.4 Å². The predicted molar refractivity (Wildman–Crippen MR) is 283 cm³/mol. The molecule has 4 aliphatic heterocycles. The van der Waals surface area contributed by atoms with Crippen LogP contribution in [0.4, 0.5) is 0 Å². The molecule has 0 aliphatic carbocycles. The van der Waals surface area contributed by atoms with Crippen molar-refractivity contribution in [1.29, 1.82) is 0 Å². The van der Waals surface area contributed by atoms with Crippen molar-refractivity contribution >= 4 is 82.0 Å². The van der Waals surface area contributed by atoms with Gasteiger partial charge in [-0.1, -0.05) is 54.6 Å². The van der Waals surface area contributed by atoms with E-state index in [0.29, 0.717) is 49.1 Å². The molecule has 24 nitrogen and oxygen atoms in total. The Balaban J connectivity index is 1.29. The maximum atomic E-state index is 15.0. The Labute approximate surface area is 444 Å². The van der Waals surface area contributed by atoms with Gasteiger partial charge in [0.1, 0.15) is 42.3 Å². The summed E-state index contributed by atoms with van der Waals surface area (Å²) in [6.45, 7) is 2.41. The number of carbonyl (C=O) groups is 10. The molecule has 3 aromatic rings. The van der Waals surface area contributed by atoms with Crippen molar-refractivity contribution < 1.29 is 47.9 Å². The van der Waals surface area contributed by atoms with Gasteiger partial charge in [0.05, 0.1) is 12.5 Å². The van der Waals surface area contributed by atoms with E-state index < -0.39 is 114 Å². The molecule has 0 bridgehead atoms. The lowest BCUT2D eigenvalue weighted by molar-refractivity contribution is -0.147. The minimum absolute atomic E-state index is 0.0489. The average molecular weight is 1060 g/mol. The van der Waals surface area contributed by atoms with Gasteiger partial charge < -0.3 is 63.5 Å². The summed E-state index contributed by atoms with van der Waals surface area (Å²) in [6, 6.07) is 5.52. The van der Waals surface area contributed by atoms with Crippen LogP contribution in [0.5, 0.6) is 0 Å². The molecule has 0 spiro atoms. The second-order valence-electron chi connectivity index (χ2n) is 19.7. The molecular weight excluding hydrogens is 993 g/mol. The summed E-state index contributed by atoms with van der Waals surface area (Å²) in [5.74, 6) is -7.41. The molecule has 2 aromatic carbocycles. The van der Waals surface area contributed by atoms with Crippen molar-refractivity contribution in [3.63, 3.8) is 0 Å². The Hall–Kier alpha value is -8.44. The van der Waals surface area contributed by atoms with E-state index in [2.05, 4.69) is 52.2 Å². The molecule has 24 heteroatoms. The van der Waals surface area contributed by atoms with Crippen LogP contribution in [0.25, 0.3) is 10.9 Å². The van der Waals surface area contributed by atoms with Crippen LogP contribution in [-0.4, -0.2) is 160 Å². The number of H-pyrrole nitrogens is 1. The molecule has 77 heavy (non-hydrogen) atoms. The Morgan fingerprint density at radius 2 is 1.32 bits per heavy atom. The highest BCUT2D eigenvalue weighted by atomic mass is 16.2. The Morgan fingerprint density at radius 1 is 0.714 bits per heavy atom. The maximum Gasteiger partial charge on any atom is 0.247 e. The fourth-order valence-corrected chi connectivity index (χ4v) is 10.1. The number of nitrogens with one attached hydrogen (secondary N) is 8. The highest BCUT2D eigenvalue weighted by Crippen LogP contribution is 2.26. The highest BCUT2D eigenvalue weighted by molar-refractivity contribution is 6.00. The number of guanidine groups is 1. The molecule has 3 fully saturated rings. The zero-order chi connectivity index (χ0) is 55.2. The minimum Gasteiger partial charge on any atom is -0.370 e. The third kappa shape index (κ3) is 15.1. The topological polar surface area (TPSA) is 354 Å². The highest BCUT2D eigenvalue weighted by Gasteiger charge is 2.44. The van der Waals surface area contributed by atoms with Crippen molar-refractivity contribution in [2.75, 3.05) is 26.2 Å². The number of ketones is 1. The normalized spacial score (nSPS) is 24.9. The fraction of sp³-hybridized carbons (Fsp3) is 0.472. The molecule has 0 saturated carbocycles. The number of allylic oxidation sites excluding steroid dienone is 1. The van der Waals surface area contributed by atoms with Gasteiger partial charge in [0.2, 0.25) is 53.2 Å². The SMILES string of the molecule is CC(=O)N[C@H]1CC(=O)NC[C@@H](C(=O)N2CCC[C@H]2C(=O)N2CCC[C@H]2C(C)=O)NC(=O)[C@H](Cc2c[nH]c3ccccc23)NC(=O)[C@H](CCCN=C(N)N)NC(=O)[C@@H](Cc2ccccc2)NC(=O)[C@H](CC2=CCC=N2)NC1=O. The van der Waals surface area contributed by atoms with Crippen molar-refractivity contribution in [3.05, 3.63) is 83.7 Å². The molecule has 8 atom stereocenters. The number of nitrogens with zero attached hydrogens (tertiary/aromatic N) is 4. The largest absolute Gasteiger partial charge is 0.370 e. The predicted octanol–water partition coefficient (Wildman–Crippen LogP) is -1.23. The summed E-state index contributed by atoms with van der Waals surface area (Å²) >= 11 is 0. The molecule has 5 heterocycles. The van der Waals surface area contributed by atoms with Crippen LogP contribution in [0.2, 0.25) is 0 Å². The molecular formula is C53H68N14O10. The molecule has 0 unspecified atom stereocenters. The number of hydrogen-bond donors (Lipinski definition) is 10. The lowest BCUT2D eigenvalue weighted by atomic mass is 10.0. The van der Waals surface area contributed by atoms with Crippen LogP contribution in [0.1, 0.15) is 82.8 Å². The molecule has 0 radical (unpaired) electrons. The summed E-state index contributed by atoms with van der Waals surface area (Å²) in [5, 5.41) is 19.6. The summed E-state index contributed by atoms with van der Waals surface area (Å²) in [4.78, 5) is 156. The average Bonchev–Trinajstić information content (AvgIpc) is 4.28. The molecule has 12 N–H and O–H groups in total. The van der Waals surface area contributed by atoms with Gasteiger partial charge in [-0.2, -0.15) is 0 Å². The van der Waals surface area contributed by atoms with E-state index in [0.717, 1.165) is 17.8 Å². The first-order valence-corrected chi connectivity index (χ1v) is 26.0. The quantitative estimate of drug-likeness (QED) is 0.0516. The van der Waals surface area contributed by atoms with Gasteiger partial charge in [0.15, 0.2) is 11.7 Å². The van der Waals surface area contributed by atoms with Gasteiger partial charge in [-0.3, -0.25) is 57.9 Å². The molecule has 3 saturated heterocycles. The lowest BCUT2D eigenvalue weighted by Crippen LogP contribution is -2.62. The number of amides is 9. The number of para-hydroxylation sites is 1. The Kier molecular flexibility index (Phi) is 19.3. The Bertz CT molecular complexity index is 2810. The Morgan fingerprint density at radius 3 is 2.00 bits per heavy atom. The number of aromatic nitrogens is 1. The smallest absolute Gasteiger partial charge is 0.247 e. The molecule has 1 aromatic heterocycles. The number of nitrogens with two attached hydrogens (primary N) is 2. The van der Waals surface area contributed by atoms with Gasteiger partial charge in [0, 0.05) is 87.8 Å². The zero-order valence-electron chi connectivity index (χ0n) is 43.2. The number of aromatic amines is 1. The number of Topliss-reactive ketones (excluding diaryl/α,β-unsaturated/α-hetero) is 1. The van der Waals surface area contributed by atoms with Crippen molar-refractivity contribution in [3.8, 4) is 0 Å². The first-order chi connectivity index (χ1) is 36.9. The van der Waals surface area contributed by atoms with Crippen LogP contribution >= 0.6 is 0 Å². The monoisotopic (exact) mass is 1060 g/mol. The van der Waals surface area contributed by atoms with E-state index >= 15 is 0 Å². The summed E-state index contributed by atoms with van der Waals surface area (Å²) in [7, 11) is 0. The second-order valence-corrected chi connectivity index (χ2v) is 19.7. The van der Waals surface area contributed by atoms with E-state index in [1.807, 2.05) is 18.2 Å². The maximum absolute atomic E-state index is 15.0. The van der Waals surface area contributed by atoms with Crippen molar-refractivity contribution in [1.82, 2.24) is 52.0 Å². The van der Waals surface area contributed by atoms with Crippen LogP contribution in [0.15, 0.2) is 82.6 Å². The van der Waals surface area contributed by atoms with Gasteiger partial charge in [-0.15, -0.1) is 0 Å². The fourth-order valence-electron chi connectivity index (χ4n) is 10.1. The molecule has 410 valence electrons. The number of carbonyl (C=O) groups excluding carboxylic acids is 10. The van der Waals surface area contributed by atoms with Gasteiger partial charge in [0.25, 0.3) is 0 Å². The number of benzene rings is 2. The van der Waals surface area contributed by atoms with Crippen LogP contribution in [0, 0.1) is 0 Å². The zero-order valence-corrected chi connectivity index (χ0v) is 43.2. The van der Waals surface area contributed by atoms with E-state index in [1.54, 1.807) is 54.9 Å². The number of rotatable bonds is 14. The summed E-state index contributed by atoms with van der Waals surface area (Å²) in [5.41, 5.74) is 13.6. The third-order valence-electron chi connectivity index (χ3n) is 14.0. The number of hydrogen-bond acceptors (Lipinski definition) is 12. The van der Waals surface area contributed by atoms with Gasteiger partial charge in [-0.05, 0) is 62.6 Å². The van der Waals surface area contributed by atoms with Crippen LogP contribution < -0.4 is 48.7 Å². The van der Waals surface area contributed by atoms with Crippen LogP contribution in [0.3, 0.4) is 0 Å². The summed E-state index contributed by atoms with van der Waals surface area (Å²) in [6.07, 6.45) is 6.20. The van der Waals surface area contributed by atoms with Crippen molar-refractivity contribution in [2.24, 2.45) is 21.5 Å². The van der Waals surface area contributed by atoms with Crippen molar-refractivity contribution in [2.45, 2.75) is 133 Å². The first kappa shape index (κ1) is 56.3. The van der Waals surface area contributed by atoms with Gasteiger partial charge >= 0.3 is 0 Å².